The number of carboxylic acids is 1. The summed E-state index contributed by atoms with van der Waals surface area (Å²) in [5.74, 6) is -0.267. The molecule has 0 amide bonds. The van der Waals surface area contributed by atoms with Crippen molar-refractivity contribution < 1.29 is 9.90 Å². The van der Waals surface area contributed by atoms with Crippen LogP contribution in [0.1, 0.15) is 41.3 Å². The topological polar surface area (TPSA) is 90.0 Å². The van der Waals surface area contributed by atoms with Crippen LogP contribution in [0.15, 0.2) is 23.0 Å². The molecule has 2 aromatic heterocycles. The summed E-state index contributed by atoms with van der Waals surface area (Å²) in [4.78, 5) is 27.3. The highest BCUT2D eigenvalue weighted by Crippen LogP contribution is 2.10. The van der Waals surface area contributed by atoms with E-state index in [1.807, 2.05) is 0 Å². The van der Waals surface area contributed by atoms with E-state index in [2.05, 4.69) is 10.1 Å². The van der Waals surface area contributed by atoms with Gasteiger partial charge in [0.2, 0.25) is 0 Å². The maximum atomic E-state index is 12.3. The van der Waals surface area contributed by atoms with Crippen molar-refractivity contribution in [3.05, 3.63) is 45.9 Å². The predicted molar refractivity (Wildman–Crippen MR) is 74.3 cm³/mol. The van der Waals surface area contributed by atoms with Gasteiger partial charge in [0.15, 0.2) is 0 Å². The molecule has 1 N–H and O–H groups in total. The number of aromatic nitrogens is 4. The molecular formula is C14H16N4O3. The lowest BCUT2D eigenvalue weighted by Gasteiger charge is -2.01. The molecule has 0 saturated carbocycles. The highest BCUT2D eigenvalue weighted by molar-refractivity contribution is 5.85. The first-order valence-corrected chi connectivity index (χ1v) is 7.01. The monoisotopic (exact) mass is 288 g/mol. The molecule has 1 aliphatic heterocycles. The molecule has 0 aliphatic carbocycles. The first-order valence-electron chi connectivity index (χ1n) is 7.01. The van der Waals surface area contributed by atoms with E-state index >= 15 is 0 Å². The summed E-state index contributed by atoms with van der Waals surface area (Å²) in [5, 5.41) is 13.3. The van der Waals surface area contributed by atoms with Crippen LogP contribution in [0, 0.1) is 0 Å². The maximum Gasteiger partial charge on any atom is 0.354 e. The van der Waals surface area contributed by atoms with Gasteiger partial charge in [0.25, 0.3) is 0 Å². The van der Waals surface area contributed by atoms with Crippen LogP contribution in [0.5, 0.6) is 0 Å². The van der Waals surface area contributed by atoms with Gasteiger partial charge in [-0.3, -0.25) is 4.57 Å². The average molecular weight is 288 g/mol. The molecule has 0 atom stereocenters. The van der Waals surface area contributed by atoms with Crippen molar-refractivity contribution in [3.63, 3.8) is 0 Å². The van der Waals surface area contributed by atoms with Gasteiger partial charge in [0.1, 0.15) is 11.5 Å². The summed E-state index contributed by atoms with van der Waals surface area (Å²) in [6, 6.07) is 4.75. The van der Waals surface area contributed by atoms with Crippen LogP contribution in [0.25, 0.3) is 0 Å². The van der Waals surface area contributed by atoms with Crippen molar-refractivity contribution in [2.24, 2.45) is 0 Å². The Labute approximate surface area is 120 Å². The molecule has 3 heterocycles. The molecule has 1 aliphatic rings. The zero-order valence-corrected chi connectivity index (χ0v) is 11.5. The molecule has 21 heavy (non-hydrogen) atoms. The van der Waals surface area contributed by atoms with Gasteiger partial charge < -0.3 is 5.11 Å². The normalized spacial score (nSPS) is 14.5. The van der Waals surface area contributed by atoms with Gasteiger partial charge in [-0.15, -0.1) is 0 Å². The predicted octanol–water partition coefficient (Wildman–Crippen LogP) is 0.913. The number of carboxylic acid groups (broad SMARTS) is 1. The zero-order valence-electron chi connectivity index (χ0n) is 11.5. The number of hydrogen-bond acceptors (Lipinski definition) is 4. The molecule has 0 unspecified atom stereocenters. The molecule has 0 fully saturated rings. The van der Waals surface area contributed by atoms with E-state index in [9.17, 15) is 9.59 Å². The molecule has 0 aromatic carbocycles. The van der Waals surface area contributed by atoms with Crippen LogP contribution >= 0.6 is 0 Å². The Kier molecular flexibility index (Phi) is 3.55. The van der Waals surface area contributed by atoms with Crippen molar-refractivity contribution in [1.29, 1.82) is 0 Å². The molecule has 0 spiro atoms. The van der Waals surface area contributed by atoms with Gasteiger partial charge in [-0.2, -0.15) is 5.10 Å². The van der Waals surface area contributed by atoms with Crippen LogP contribution in [-0.2, 0) is 19.5 Å². The fraction of sp³-hybridized carbons (Fsp3) is 0.429. The maximum absolute atomic E-state index is 12.3. The van der Waals surface area contributed by atoms with E-state index in [-0.39, 0.29) is 17.9 Å². The van der Waals surface area contributed by atoms with Crippen molar-refractivity contribution in [2.45, 2.75) is 38.8 Å². The Balaban J connectivity index is 1.90. The van der Waals surface area contributed by atoms with Crippen molar-refractivity contribution in [2.75, 3.05) is 0 Å². The summed E-state index contributed by atoms with van der Waals surface area (Å²) in [5.41, 5.74) is 0.348. The zero-order chi connectivity index (χ0) is 14.8. The molecule has 3 rings (SSSR count). The van der Waals surface area contributed by atoms with Crippen molar-refractivity contribution in [3.8, 4) is 0 Å². The van der Waals surface area contributed by atoms with Crippen LogP contribution in [0.2, 0.25) is 0 Å². The van der Waals surface area contributed by atoms with Gasteiger partial charge in [-0.05, 0) is 25.0 Å². The second-order valence-electron chi connectivity index (χ2n) is 5.14. The summed E-state index contributed by atoms with van der Waals surface area (Å²) in [7, 11) is 0. The van der Waals surface area contributed by atoms with Gasteiger partial charge in [-0.1, -0.05) is 12.5 Å². The van der Waals surface area contributed by atoms with E-state index in [1.54, 1.807) is 16.7 Å². The molecule has 7 nitrogen and oxygen atoms in total. The number of aromatic carboxylic acids is 1. The number of rotatable bonds is 3. The first-order chi connectivity index (χ1) is 10.1. The van der Waals surface area contributed by atoms with E-state index in [4.69, 9.17) is 5.11 Å². The number of nitrogens with zero attached hydrogens (tertiary/aromatic N) is 4. The Morgan fingerprint density at radius 2 is 2.14 bits per heavy atom. The van der Waals surface area contributed by atoms with Crippen LogP contribution in [0.4, 0.5) is 0 Å². The Hall–Kier alpha value is -2.44. The van der Waals surface area contributed by atoms with Gasteiger partial charge in [0, 0.05) is 13.0 Å². The van der Waals surface area contributed by atoms with Crippen molar-refractivity contribution >= 4 is 5.97 Å². The SMILES string of the molecule is O=C(O)c1cccc(Cn2nc3n(c2=O)CCCCC3)n1. The summed E-state index contributed by atoms with van der Waals surface area (Å²) in [6.07, 6.45) is 3.96. The highest BCUT2D eigenvalue weighted by atomic mass is 16.4. The summed E-state index contributed by atoms with van der Waals surface area (Å²) in [6.45, 7) is 0.900. The molecule has 2 aromatic rings. The lowest BCUT2D eigenvalue weighted by molar-refractivity contribution is 0.0690. The third-order valence-corrected chi connectivity index (χ3v) is 3.62. The molecule has 0 radical (unpaired) electrons. The molecule has 0 saturated heterocycles. The largest absolute Gasteiger partial charge is 0.477 e. The fourth-order valence-corrected chi connectivity index (χ4v) is 2.57. The minimum atomic E-state index is -1.08. The standard InChI is InChI=1S/C14H16N4O3/c19-13(20)11-6-4-5-10(15-11)9-18-14(21)17-8-3-1-2-7-12(17)16-18/h4-6H,1-3,7-9H2,(H,19,20). The second kappa shape index (κ2) is 5.51. The second-order valence-corrected chi connectivity index (χ2v) is 5.14. The smallest absolute Gasteiger partial charge is 0.354 e. The van der Waals surface area contributed by atoms with Crippen LogP contribution in [-0.4, -0.2) is 30.4 Å². The van der Waals surface area contributed by atoms with Crippen LogP contribution in [0.3, 0.4) is 0 Å². The first kappa shape index (κ1) is 13.5. The van der Waals surface area contributed by atoms with Gasteiger partial charge in [0.05, 0.1) is 12.2 Å². The molecule has 110 valence electrons. The van der Waals surface area contributed by atoms with E-state index < -0.39 is 5.97 Å². The molecule has 7 heteroatoms. The minimum absolute atomic E-state index is 0.0266. The third-order valence-electron chi connectivity index (χ3n) is 3.62. The van der Waals surface area contributed by atoms with E-state index in [0.717, 1.165) is 31.5 Å². The van der Waals surface area contributed by atoms with E-state index in [0.29, 0.717) is 12.2 Å². The number of fused-ring (bicyclic) bond motifs is 1. The average Bonchev–Trinajstić information content (AvgIpc) is 2.66. The molecular weight excluding hydrogens is 272 g/mol. The number of carbonyl (C=O) groups is 1. The van der Waals surface area contributed by atoms with Crippen LogP contribution < -0.4 is 5.69 Å². The number of hydrogen-bond donors (Lipinski definition) is 1. The fourth-order valence-electron chi connectivity index (χ4n) is 2.57. The summed E-state index contributed by atoms with van der Waals surface area (Å²) < 4.78 is 3.09. The van der Waals surface area contributed by atoms with Gasteiger partial charge >= 0.3 is 11.7 Å². The van der Waals surface area contributed by atoms with Gasteiger partial charge in [-0.25, -0.2) is 19.3 Å². The number of aryl methyl sites for hydroxylation is 1. The quantitative estimate of drug-likeness (QED) is 0.906. The number of pyridine rings is 1. The molecule has 0 bridgehead atoms. The lowest BCUT2D eigenvalue weighted by atomic mass is 10.2. The third kappa shape index (κ3) is 2.72. The Bertz CT molecular complexity index is 732. The van der Waals surface area contributed by atoms with E-state index in [1.165, 1.54) is 10.7 Å². The van der Waals surface area contributed by atoms with Crippen molar-refractivity contribution in [1.82, 2.24) is 19.3 Å². The Morgan fingerprint density at radius 1 is 1.29 bits per heavy atom. The minimum Gasteiger partial charge on any atom is -0.477 e. The summed E-state index contributed by atoms with van der Waals surface area (Å²) >= 11 is 0. The Morgan fingerprint density at radius 3 is 2.95 bits per heavy atom. The lowest BCUT2D eigenvalue weighted by Crippen LogP contribution is -2.26. The highest BCUT2D eigenvalue weighted by Gasteiger charge is 2.16.